The van der Waals surface area contributed by atoms with E-state index in [4.69, 9.17) is 4.74 Å². The molecule has 3 N–H and O–H groups in total. The van der Waals surface area contributed by atoms with Gasteiger partial charge in [0.1, 0.15) is 11.6 Å². The fourth-order valence-electron chi connectivity index (χ4n) is 4.58. The second kappa shape index (κ2) is 12.1. The topological polar surface area (TPSA) is 126 Å². The lowest BCUT2D eigenvalue weighted by atomic mass is 9.76. The second-order valence-electron chi connectivity index (χ2n) is 10.1. The van der Waals surface area contributed by atoms with Crippen molar-refractivity contribution in [2.75, 3.05) is 32.8 Å². The number of ether oxygens (including phenoxy) is 1. The summed E-state index contributed by atoms with van der Waals surface area (Å²) in [6, 6.07) is 11.0. The summed E-state index contributed by atoms with van der Waals surface area (Å²) in [6.45, 7) is 3.51. The minimum atomic E-state index is -2.80. The Morgan fingerprint density at radius 2 is 2.03 bits per heavy atom. The molecule has 1 aromatic carbocycles. The van der Waals surface area contributed by atoms with E-state index in [2.05, 4.69) is 5.32 Å². The van der Waals surface area contributed by atoms with Crippen molar-refractivity contribution < 1.29 is 33.2 Å². The SMILES string of the molecule is CC(C)(/C=C(\C#N)C(=O)N1CCO[C@H](CC(=O)N[C@@H](Cc2ccccc2)B(O)O)C1)N1CCC(F)(F)C1. The van der Waals surface area contributed by atoms with Crippen LogP contribution in [0.1, 0.15) is 32.3 Å². The third-order valence-corrected chi connectivity index (χ3v) is 6.68. The van der Waals surface area contributed by atoms with Gasteiger partial charge in [0.15, 0.2) is 0 Å². The van der Waals surface area contributed by atoms with Gasteiger partial charge < -0.3 is 25.0 Å². The third-order valence-electron chi connectivity index (χ3n) is 6.68. The summed E-state index contributed by atoms with van der Waals surface area (Å²) in [4.78, 5) is 28.7. The molecule has 12 heteroatoms. The van der Waals surface area contributed by atoms with E-state index in [1.54, 1.807) is 18.7 Å². The molecule has 0 saturated carbocycles. The number of amides is 2. The van der Waals surface area contributed by atoms with E-state index in [9.17, 15) is 33.7 Å². The van der Waals surface area contributed by atoms with Crippen molar-refractivity contribution in [1.29, 1.82) is 5.26 Å². The van der Waals surface area contributed by atoms with Gasteiger partial charge in [-0.3, -0.25) is 14.5 Å². The highest BCUT2D eigenvalue weighted by Crippen LogP contribution is 2.33. The fourth-order valence-corrected chi connectivity index (χ4v) is 4.58. The number of hydrogen-bond donors (Lipinski definition) is 3. The van der Waals surface area contributed by atoms with Crippen molar-refractivity contribution in [1.82, 2.24) is 15.1 Å². The maximum atomic E-state index is 13.7. The van der Waals surface area contributed by atoms with Crippen LogP contribution in [-0.2, 0) is 20.7 Å². The van der Waals surface area contributed by atoms with Crippen LogP contribution in [0, 0.1) is 11.3 Å². The largest absolute Gasteiger partial charge is 0.475 e. The summed E-state index contributed by atoms with van der Waals surface area (Å²) in [7, 11) is -1.77. The Morgan fingerprint density at radius 3 is 2.62 bits per heavy atom. The Hall–Kier alpha value is -2.85. The molecule has 2 aliphatic rings. The molecule has 9 nitrogen and oxygen atoms in total. The van der Waals surface area contributed by atoms with E-state index in [0.29, 0.717) is 0 Å². The molecule has 0 bridgehead atoms. The Kier molecular flexibility index (Phi) is 9.42. The van der Waals surface area contributed by atoms with Gasteiger partial charge in [-0.25, -0.2) is 8.78 Å². The number of alkyl halides is 2. The number of carbonyl (C=O) groups excluding carboxylic acids is 2. The summed E-state index contributed by atoms with van der Waals surface area (Å²) in [6.07, 6.45) is 0.588. The predicted octanol–water partition coefficient (Wildman–Crippen LogP) is 0.913. The Bertz CT molecular complexity index is 1030. The lowest BCUT2D eigenvalue weighted by molar-refractivity contribution is -0.138. The number of rotatable bonds is 9. The van der Waals surface area contributed by atoms with Gasteiger partial charge in [0.25, 0.3) is 11.8 Å². The second-order valence-corrected chi connectivity index (χ2v) is 10.1. The van der Waals surface area contributed by atoms with Crippen molar-refractivity contribution in [3.63, 3.8) is 0 Å². The number of halogens is 2. The maximum absolute atomic E-state index is 13.7. The minimum absolute atomic E-state index is 0.0541. The van der Waals surface area contributed by atoms with Crippen LogP contribution in [0.25, 0.3) is 0 Å². The summed E-state index contributed by atoms with van der Waals surface area (Å²) < 4.78 is 33.0. The monoisotopic (exact) mass is 518 g/mol. The van der Waals surface area contributed by atoms with Crippen LogP contribution >= 0.6 is 0 Å². The van der Waals surface area contributed by atoms with Gasteiger partial charge in [0.2, 0.25) is 5.91 Å². The first-order chi connectivity index (χ1) is 17.4. The molecule has 2 amide bonds. The van der Waals surface area contributed by atoms with E-state index < -0.39 is 49.0 Å². The van der Waals surface area contributed by atoms with Gasteiger partial charge in [0.05, 0.1) is 31.6 Å². The van der Waals surface area contributed by atoms with Crippen LogP contribution in [0.2, 0.25) is 0 Å². The Morgan fingerprint density at radius 1 is 1.32 bits per heavy atom. The summed E-state index contributed by atoms with van der Waals surface area (Å²) in [5.41, 5.74) is -0.259. The highest BCUT2D eigenvalue weighted by atomic mass is 19.3. The van der Waals surface area contributed by atoms with E-state index in [1.165, 1.54) is 11.0 Å². The Labute approximate surface area is 215 Å². The highest BCUT2D eigenvalue weighted by molar-refractivity contribution is 6.43. The van der Waals surface area contributed by atoms with Crippen molar-refractivity contribution in [3.8, 4) is 6.07 Å². The zero-order valence-corrected chi connectivity index (χ0v) is 21.1. The number of benzene rings is 1. The molecule has 200 valence electrons. The number of morpholine rings is 1. The van der Waals surface area contributed by atoms with Crippen LogP contribution in [0.5, 0.6) is 0 Å². The molecule has 3 rings (SSSR count). The molecule has 37 heavy (non-hydrogen) atoms. The average molecular weight is 518 g/mol. The van der Waals surface area contributed by atoms with Gasteiger partial charge in [-0.15, -0.1) is 0 Å². The fraction of sp³-hybridized carbons (Fsp3) is 0.560. The van der Waals surface area contributed by atoms with Gasteiger partial charge in [-0.1, -0.05) is 30.3 Å². The highest BCUT2D eigenvalue weighted by Gasteiger charge is 2.43. The minimum Gasteiger partial charge on any atom is -0.426 e. The number of nitrogens with zero attached hydrogens (tertiary/aromatic N) is 3. The van der Waals surface area contributed by atoms with Gasteiger partial charge >= 0.3 is 7.12 Å². The molecule has 0 aliphatic carbocycles. The van der Waals surface area contributed by atoms with E-state index in [-0.39, 0.29) is 51.1 Å². The van der Waals surface area contributed by atoms with Crippen LogP contribution < -0.4 is 5.32 Å². The van der Waals surface area contributed by atoms with Gasteiger partial charge in [0, 0.05) is 31.6 Å². The number of likely N-dealkylation sites (tertiary alicyclic amines) is 1. The zero-order chi connectivity index (χ0) is 27.2. The number of carbonyl (C=O) groups is 2. The summed E-state index contributed by atoms with van der Waals surface area (Å²) >= 11 is 0. The van der Waals surface area contributed by atoms with Crippen molar-refractivity contribution in [2.45, 2.75) is 56.6 Å². The standard InChI is InChI=1S/C25H33BF2N4O5/c1-24(2,32-9-8-25(27,28)17-32)14-19(15-29)23(34)31-10-11-37-20(16-31)13-22(33)30-21(26(35)36)12-18-6-4-3-5-7-18/h3-7,14,20-21,35-36H,8-13,16-17H2,1-2H3,(H,30,33)/b19-14+/t20-,21+/m1/s1. The lowest BCUT2D eigenvalue weighted by Crippen LogP contribution is -2.51. The molecule has 2 atom stereocenters. The van der Waals surface area contributed by atoms with Crippen LogP contribution in [-0.4, -0.2) is 95.1 Å². The van der Waals surface area contributed by atoms with Crippen LogP contribution in [0.4, 0.5) is 8.78 Å². The first-order valence-electron chi connectivity index (χ1n) is 12.3. The van der Waals surface area contributed by atoms with Gasteiger partial charge in [-0.05, 0) is 31.9 Å². The van der Waals surface area contributed by atoms with E-state index >= 15 is 0 Å². The zero-order valence-electron chi connectivity index (χ0n) is 21.1. The molecule has 2 aliphatic heterocycles. The van der Waals surface area contributed by atoms with Crippen molar-refractivity contribution in [3.05, 3.63) is 47.5 Å². The first-order valence-corrected chi connectivity index (χ1v) is 12.3. The molecule has 0 spiro atoms. The van der Waals surface area contributed by atoms with E-state index in [1.807, 2.05) is 36.4 Å². The summed E-state index contributed by atoms with van der Waals surface area (Å²) in [5.74, 6) is -4.75. The third kappa shape index (κ3) is 8.07. The lowest BCUT2D eigenvalue weighted by Gasteiger charge is -2.35. The molecular formula is C25H33BF2N4O5. The van der Waals surface area contributed by atoms with Gasteiger partial charge in [-0.2, -0.15) is 5.26 Å². The quantitative estimate of drug-likeness (QED) is 0.252. The average Bonchev–Trinajstić information content (AvgIpc) is 3.23. The molecule has 1 aromatic rings. The van der Waals surface area contributed by atoms with E-state index in [0.717, 1.165) is 5.56 Å². The number of hydrogen-bond acceptors (Lipinski definition) is 7. The number of nitriles is 1. The van der Waals surface area contributed by atoms with Crippen LogP contribution in [0.3, 0.4) is 0 Å². The molecular weight excluding hydrogens is 485 g/mol. The maximum Gasteiger partial charge on any atom is 0.475 e. The normalized spacial score (nSPS) is 21.3. The molecule has 2 fully saturated rings. The van der Waals surface area contributed by atoms with Crippen LogP contribution in [0.15, 0.2) is 42.0 Å². The molecule has 2 heterocycles. The Balaban J connectivity index is 1.59. The summed E-state index contributed by atoms with van der Waals surface area (Å²) in [5, 5.41) is 31.7. The first kappa shape index (κ1) is 28.7. The predicted molar refractivity (Wildman–Crippen MR) is 132 cm³/mol. The molecule has 0 aromatic heterocycles. The number of nitrogens with one attached hydrogen (secondary N) is 1. The molecule has 0 unspecified atom stereocenters. The van der Waals surface area contributed by atoms with Crippen molar-refractivity contribution in [2.24, 2.45) is 0 Å². The van der Waals surface area contributed by atoms with Crippen molar-refractivity contribution >= 4 is 18.9 Å². The molecule has 2 saturated heterocycles. The molecule has 0 radical (unpaired) electrons. The smallest absolute Gasteiger partial charge is 0.426 e.